The highest BCUT2D eigenvalue weighted by Crippen LogP contribution is 2.34. The third-order valence-corrected chi connectivity index (χ3v) is 4.32. The van der Waals surface area contributed by atoms with Crippen molar-refractivity contribution in [1.82, 2.24) is 9.97 Å². The van der Waals surface area contributed by atoms with E-state index in [1.807, 2.05) is 14.0 Å². The zero-order valence-electron chi connectivity index (χ0n) is 10.0. The van der Waals surface area contributed by atoms with Crippen LogP contribution in [0.4, 0.5) is 5.82 Å². The van der Waals surface area contributed by atoms with Crippen LogP contribution in [0.3, 0.4) is 0 Å². The van der Waals surface area contributed by atoms with Crippen LogP contribution in [0.2, 0.25) is 0 Å². The lowest BCUT2D eigenvalue weighted by Gasteiger charge is -2.11. The van der Waals surface area contributed by atoms with Crippen LogP contribution in [-0.2, 0) is 6.42 Å². The zero-order chi connectivity index (χ0) is 12.4. The average molecular weight is 312 g/mol. The average Bonchev–Trinajstić information content (AvgIpc) is 2.76. The minimum absolute atomic E-state index is 0.837. The molecule has 0 atom stereocenters. The lowest BCUT2D eigenvalue weighted by Crippen LogP contribution is -2.04. The summed E-state index contributed by atoms with van der Waals surface area (Å²) in [5.74, 6) is 1.78. The molecule has 0 aliphatic rings. The van der Waals surface area contributed by atoms with E-state index in [9.17, 15) is 0 Å². The topological polar surface area (TPSA) is 37.8 Å². The maximum atomic E-state index is 4.63. The molecule has 2 aromatic rings. The second-order valence-corrected chi connectivity index (χ2v) is 5.30. The summed E-state index contributed by atoms with van der Waals surface area (Å²) in [6.45, 7) is 4.11. The molecule has 0 amide bonds. The number of anilines is 1. The van der Waals surface area contributed by atoms with Gasteiger partial charge >= 0.3 is 0 Å². The fraction of sp³-hybridized carbons (Fsp3) is 0.333. The van der Waals surface area contributed by atoms with Gasteiger partial charge in [-0.15, -0.1) is 0 Å². The van der Waals surface area contributed by atoms with Crippen LogP contribution in [0, 0.1) is 6.92 Å². The van der Waals surface area contributed by atoms with E-state index in [1.54, 1.807) is 11.3 Å². The Hall–Kier alpha value is -0.940. The Morgan fingerprint density at radius 3 is 2.65 bits per heavy atom. The van der Waals surface area contributed by atoms with E-state index >= 15 is 0 Å². The van der Waals surface area contributed by atoms with Crippen molar-refractivity contribution in [2.45, 2.75) is 20.3 Å². The van der Waals surface area contributed by atoms with E-state index in [4.69, 9.17) is 0 Å². The number of hydrogen-bond donors (Lipinski definition) is 1. The van der Waals surface area contributed by atoms with Crippen molar-refractivity contribution in [3.8, 4) is 11.3 Å². The molecule has 5 heteroatoms. The van der Waals surface area contributed by atoms with Crippen LogP contribution in [0.15, 0.2) is 15.2 Å². The number of hydrogen-bond acceptors (Lipinski definition) is 4. The van der Waals surface area contributed by atoms with Crippen molar-refractivity contribution in [1.29, 1.82) is 0 Å². The molecule has 0 aliphatic carbocycles. The minimum Gasteiger partial charge on any atom is -0.373 e. The molecule has 0 unspecified atom stereocenters. The second kappa shape index (κ2) is 5.14. The van der Waals surface area contributed by atoms with Crippen LogP contribution in [0.1, 0.15) is 18.3 Å². The van der Waals surface area contributed by atoms with Gasteiger partial charge in [0.1, 0.15) is 11.6 Å². The summed E-state index contributed by atoms with van der Waals surface area (Å²) in [5, 5.41) is 7.31. The Balaban J connectivity index is 2.64. The number of nitrogens with one attached hydrogen (secondary N) is 1. The SMILES string of the molecule is CCc1nc(NC)c(C)c(-c2cscc2Br)n1. The van der Waals surface area contributed by atoms with E-state index in [-0.39, 0.29) is 0 Å². The molecule has 1 N–H and O–H groups in total. The van der Waals surface area contributed by atoms with E-state index in [0.29, 0.717) is 0 Å². The summed E-state index contributed by atoms with van der Waals surface area (Å²) >= 11 is 5.23. The van der Waals surface area contributed by atoms with Gasteiger partial charge in [-0.1, -0.05) is 6.92 Å². The summed E-state index contributed by atoms with van der Waals surface area (Å²) in [6, 6.07) is 0. The number of nitrogens with zero attached hydrogens (tertiary/aromatic N) is 2. The Labute approximate surface area is 113 Å². The van der Waals surface area contributed by atoms with E-state index in [0.717, 1.165) is 39.4 Å². The third kappa shape index (κ3) is 2.35. The zero-order valence-corrected chi connectivity index (χ0v) is 12.4. The van der Waals surface area contributed by atoms with Crippen LogP contribution in [-0.4, -0.2) is 17.0 Å². The molecular formula is C12H14BrN3S. The van der Waals surface area contributed by atoms with Gasteiger partial charge in [0.05, 0.1) is 5.69 Å². The molecule has 90 valence electrons. The van der Waals surface area contributed by atoms with Crippen LogP contribution in [0.5, 0.6) is 0 Å². The third-order valence-electron chi connectivity index (χ3n) is 2.61. The molecule has 0 saturated carbocycles. The molecule has 0 spiro atoms. The summed E-state index contributed by atoms with van der Waals surface area (Å²) in [4.78, 5) is 9.10. The molecule has 0 aromatic carbocycles. The molecule has 0 bridgehead atoms. The fourth-order valence-electron chi connectivity index (χ4n) is 1.68. The van der Waals surface area contributed by atoms with Crippen molar-refractivity contribution in [2.24, 2.45) is 0 Å². The van der Waals surface area contributed by atoms with E-state index in [1.165, 1.54) is 0 Å². The van der Waals surface area contributed by atoms with Gasteiger partial charge in [0, 0.05) is 39.8 Å². The van der Waals surface area contributed by atoms with E-state index < -0.39 is 0 Å². The number of aromatic nitrogens is 2. The predicted octanol–water partition coefficient (Wildman–Crippen LogP) is 3.88. The molecular weight excluding hydrogens is 298 g/mol. The number of halogens is 1. The number of rotatable bonds is 3. The first kappa shape index (κ1) is 12.5. The quantitative estimate of drug-likeness (QED) is 0.934. The van der Waals surface area contributed by atoms with Crippen LogP contribution < -0.4 is 5.32 Å². The molecule has 2 heterocycles. The second-order valence-electron chi connectivity index (χ2n) is 3.70. The first-order valence-corrected chi connectivity index (χ1v) is 7.18. The Morgan fingerprint density at radius 1 is 1.35 bits per heavy atom. The van der Waals surface area contributed by atoms with Crippen molar-refractivity contribution in [2.75, 3.05) is 12.4 Å². The first-order valence-electron chi connectivity index (χ1n) is 5.44. The maximum Gasteiger partial charge on any atom is 0.133 e. The molecule has 17 heavy (non-hydrogen) atoms. The largest absolute Gasteiger partial charge is 0.373 e. The van der Waals surface area contributed by atoms with Crippen molar-refractivity contribution >= 4 is 33.1 Å². The minimum atomic E-state index is 0.837. The summed E-state index contributed by atoms with van der Waals surface area (Å²) in [6.07, 6.45) is 0.837. The Kier molecular flexibility index (Phi) is 3.79. The summed E-state index contributed by atoms with van der Waals surface area (Å²) in [5.41, 5.74) is 3.24. The fourth-order valence-corrected chi connectivity index (χ4v) is 3.14. The van der Waals surface area contributed by atoms with Gasteiger partial charge in [0.2, 0.25) is 0 Å². The smallest absolute Gasteiger partial charge is 0.133 e. The van der Waals surface area contributed by atoms with Gasteiger partial charge in [-0.2, -0.15) is 11.3 Å². The van der Waals surface area contributed by atoms with Crippen molar-refractivity contribution in [3.05, 3.63) is 26.6 Å². The van der Waals surface area contributed by atoms with Crippen LogP contribution >= 0.6 is 27.3 Å². The molecule has 2 rings (SSSR count). The monoisotopic (exact) mass is 311 g/mol. The normalized spacial score (nSPS) is 10.6. The standard InChI is InChI=1S/C12H14BrN3S/c1-4-10-15-11(7(2)12(14-3)16-10)8-5-17-6-9(8)13/h5-6H,4H2,1-3H3,(H,14,15,16). The van der Waals surface area contributed by atoms with Gasteiger partial charge < -0.3 is 5.32 Å². The van der Waals surface area contributed by atoms with Gasteiger partial charge in [0.15, 0.2) is 0 Å². The van der Waals surface area contributed by atoms with E-state index in [2.05, 4.69) is 48.9 Å². The molecule has 0 saturated heterocycles. The maximum absolute atomic E-state index is 4.63. The van der Waals surface area contributed by atoms with Crippen molar-refractivity contribution in [3.63, 3.8) is 0 Å². The van der Waals surface area contributed by atoms with Crippen LogP contribution in [0.25, 0.3) is 11.3 Å². The lowest BCUT2D eigenvalue weighted by atomic mass is 10.1. The Bertz CT molecular complexity index is 537. The van der Waals surface area contributed by atoms with Gasteiger partial charge in [-0.25, -0.2) is 9.97 Å². The predicted molar refractivity (Wildman–Crippen MR) is 76.7 cm³/mol. The molecule has 0 radical (unpaired) electrons. The first-order chi connectivity index (χ1) is 8.17. The van der Waals surface area contributed by atoms with Gasteiger partial charge in [0.25, 0.3) is 0 Å². The molecule has 2 aromatic heterocycles. The molecule has 3 nitrogen and oxygen atoms in total. The highest BCUT2D eigenvalue weighted by molar-refractivity contribution is 9.10. The highest BCUT2D eigenvalue weighted by atomic mass is 79.9. The Morgan fingerprint density at radius 2 is 2.12 bits per heavy atom. The lowest BCUT2D eigenvalue weighted by molar-refractivity contribution is 0.936. The van der Waals surface area contributed by atoms with Gasteiger partial charge in [-0.3, -0.25) is 0 Å². The van der Waals surface area contributed by atoms with Gasteiger partial charge in [-0.05, 0) is 22.9 Å². The molecule has 0 fully saturated rings. The highest BCUT2D eigenvalue weighted by Gasteiger charge is 2.13. The molecule has 0 aliphatic heterocycles. The number of aryl methyl sites for hydroxylation is 1. The number of thiophene rings is 1. The summed E-state index contributed by atoms with van der Waals surface area (Å²) in [7, 11) is 1.89. The summed E-state index contributed by atoms with van der Waals surface area (Å²) < 4.78 is 1.09. The van der Waals surface area contributed by atoms with Crippen molar-refractivity contribution < 1.29 is 0 Å².